The summed E-state index contributed by atoms with van der Waals surface area (Å²) in [5.74, 6) is -0.500. The van der Waals surface area contributed by atoms with Crippen LogP contribution in [0.25, 0.3) is 10.9 Å². The summed E-state index contributed by atoms with van der Waals surface area (Å²) < 4.78 is 25.2. The van der Waals surface area contributed by atoms with Gasteiger partial charge in [-0.05, 0) is 30.3 Å². The lowest BCUT2D eigenvalue weighted by Crippen LogP contribution is -2.16. The van der Waals surface area contributed by atoms with Gasteiger partial charge in [-0.2, -0.15) is 0 Å². The van der Waals surface area contributed by atoms with Crippen LogP contribution in [0.2, 0.25) is 10.0 Å². The van der Waals surface area contributed by atoms with Crippen LogP contribution in [0.15, 0.2) is 42.5 Å². The number of hydrogen-bond donors (Lipinski definition) is 3. The molecule has 2 aromatic carbocycles. The van der Waals surface area contributed by atoms with Crippen molar-refractivity contribution in [1.82, 2.24) is 4.98 Å². The van der Waals surface area contributed by atoms with E-state index in [0.717, 1.165) is 6.26 Å². The normalized spacial score (nSPS) is 11.5. The van der Waals surface area contributed by atoms with E-state index >= 15 is 0 Å². The van der Waals surface area contributed by atoms with E-state index in [1.807, 2.05) is 0 Å². The molecule has 3 aromatic rings. The molecule has 3 rings (SSSR count). The number of aromatic nitrogens is 1. The van der Waals surface area contributed by atoms with Gasteiger partial charge in [0, 0.05) is 15.9 Å². The number of amides is 1. The van der Waals surface area contributed by atoms with Gasteiger partial charge in [-0.15, -0.1) is 0 Å². The topological polar surface area (TPSA) is 91.1 Å². The highest BCUT2D eigenvalue weighted by atomic mass is 35.5. The summed E-state index contributed by atoms with van der Waals surface area (Å²) in [4.78, 5) is 15.5. The Morgan fingerprint density at radius 1 is 1.08 bits per heavy atom. The number of sulfonamides is 1. The molecule has 0 atom stereocenters. The fourth-order valence-corrected chi connectivity index (χ4v) is 3.39. The first-order chi connectivity index (χ1) is 11.7. The average molecular weight is 398 g/mol. The summed E-state index contributed by atoms with van der Waals surface area (Å²) >= 11 is 12.2. The smallest absolute Gasteiger partial charge is 0.273 e. The number of aromatic amines is 1. The van der Waals surface area contributed by atoms with E-state index in [0.29, 0.717) is 21.6 Å². The van der Waals surface area contributed by atoms with Crippen LogP contribution in [-0.2, 0) is 10.0 Å². The van der Waals surface area contributed by atoms with Crippen molar-refractivity contribution in [2.75, 3.05) is 16.3 Å². The summed E-state index contributed by atoms with van der Waals surface area (Å²) in [5.41, 5.74) is 1.40. The number of carbonyl (C=O) groups is 1. The summed E-state index contributed by atoms with van der Waals surface area (Å²) in [6.45, 7) is 0. The number of benzene rings is 2. The SMILES string of the molecule is CS(=O)(=O)Nc1ccccc1NC(=O)c1[nH]c2ccc(Cl)cc2c1Cl. The van der Waals surface area contributed by atoms with Gasteiger partial charge >= 0.3 is 0 Å². The fourth-order valence-electron chi connectivity index (χ4n) is 2.35. The second-order valence-corrected chi connectivity index (χ2v) is 7.94. The van der Waals surface area contributed by atoms with Crippen molar-refractivity contribution < 1.29 is 13.2 Å². The molecule has 25 heavy (non-hydrogen) atoms. The minimum absolute atomic E-state index is 0.160. The first-order valence-corrected chi connectivity index (χ1v) is 9.74. The predicted molar refractivity (Wildman–Crippen MR) is 101 cm³/mol. The molecule has 0 unspecified atom stereocenters. The number of hydrogen-bond acceptors (Lipinski definition) is 3. The van der Waals surface area contributed by atoms with Crippen molar-refractivity contribution >= 4 is 61.4 Å². The maximum absolute atomic E-state index is 12.6. The molecule has 1 heterocycles. The molecule has 0 aliphatic carbocycles. The number of rotatable bonds is 4. The molecular weight excluding hydrogens is 385 g/mol. The number of nitrogens with one attached hydrogen (secondary N) is 3. The second kappa shape index (κ2) is 6.59. The Kier molecular flexibility index (Phi) is 4.64. The minimum Gasteiger partial charge on any atom is -0.349 e. The number of carbonyl (C=O) groups excluding carboxylic acids is 1. The van der Waals surface area contributed by atoms with E-state index < -0.39 is 15.9 Å². The molecule has 0 fully saturated rings. The van der Waals surface area contributed by atoms with Crippen molar-refractivity contribution in [1.29, 1.82) is 0 Å². The van der Waals surface area contributed by atoms with Crippen molar-refractivity contribution in [3.8, 4) is 0 Å². The van der Waals surface area contributed by atoms with Crippen molar-refractivity contribution in [2.45, 2.75) is 0 Å². The third-order valence-electron chi connectivity index (χ3n) is 3.39. The quantitative estimate of drug-likeness (QED) is 0.618. The van der Waals surface area contributed by atoms with Gasteiger partial charge in [-0.25, -0.2) is 8.42 Å². The van der Waals surface area contributed by atoms with Gasteiger partial charge in [0.1, 0.15) is 5.69 Å². The highest BCUT2D eigenvalue weighted by molar-refractivity contribution is 7.92. The molecular formula is C16H13Cl2N3O3S. The second-order valence-electron chi connectivity index (χ2n) is 5.38. The maximum atomic E-state index is 12.6. The Balaban J connectivity index is 1.95. The van der Waals surface area contributed by atoms with Crippen molar-refractivity contribution in [2.24, 2.45) is 0 Å². The standard InChI is InChI=1S/C16H13Cl2N3O3S/c1-25(23,24)21-13-5-3-2-4-12(13)20-16(22)15-14(18)10-8-9(17)6-7-11(10)19-15/h2-8,19,21H,1H3,(H,20,22). The predicted octanol–water partition coefficient (Wildman–Crippen LogP) is 4.10. The molecule has 0 saturated carbocycles. The molecule has 6 nitrogen and oxygen atoms in total. The van der Waals surface area contributed by atoms with Gasteiger partial charge in [0.25, 0.3) is 5.91 Å². The van der Waals surface area contributed by atoms with Crippen LogP contribution in [0.1, 0.15) is 10.5 Å². The summed E-state index contributed by atoms with van der Waals surface area (Å²) in [6.07, 6.45) is 1.03. The zero-order chi connectivity index (χ0) is 18.2. The Morgan fingerprint density at radius 2 is 1.76 bits per heavy atom. The van der Waals surface area contributed by atoms with Crippen LogP contribution < -0.4 is 10.0 Å². The molecule has 0 aliphatic heterocycles. The molecule has 1 amide bonds. The molecule has 0 bridgehead atoms. The largest absolute Gasteiger partial charge is 0.349 e. The van der Waals surface area contributed by atoms with Gasteiger partial charge in [0.15, 0.2) is 0 Å². The first-order valence-electron chi connectivity index (χ1n) is 7.09. The number of anilines is 2. The molecule has 0 spiro atoms. The number of para-hydroxylation sites is 2. The van der Waals surface area contributed by atoms with Gasteiger partial charge in [0.2, 0.25) is 10.0 Å². The lowest BCUT2D eigenvalue weighted by molar-refractivity contribution is 0.102. The van der Waals surface area contributed by atoms with E-state index in [4.69, 9.17) is 23.2 Å². The molecule has 130 valence electrons. The van der Waals surface area contributed by atoms with Crippen molar-refractivity contribution in [3.05, 3.63) is 58.2 Å². The van der Waals surface area contributed by atoms with Crippen LogP contribution >= 0.6 is 23.2 Å². The van der Waals surface area contributed by atoms with E-state index in [1.165, 1.54) is 0 Å². The van der Waals surface area contributed by atoms with Crippen LogP contribution in [0.5, 0.6) is 0 Å². The summed E-state index contributed by atoms with van der Waals surface area (Å²) in [7, 11) is -3.48. The number of H-pyrrole nitrogens is 1. The van der Waals surface area contributed by atoms with Crippen LogP contribution in [0.3, 0.4) is 0 Å². The molecule has 0 radical (unpaired) electrons. The van der Waals surface area contributed by atoms with Gasteiger partial charge in [-0.1, -0.05) is 35.3 Å². The number of fused-ring (bicyclic) bond motifs is 1. The van der Waals surface area contributed by atoms with Crippen LogP contribution in [-0.4, -0.2) is 25.6 Å². The first kappa shape index (κ1) is 17.6. The van der Waals surface area contributed by atoms with Gasteiger partial charge in [-0.3, -0.25) is 9.52 Å². The molecule has 0 aliphatic rings. The average Bonchev–Trinajstić information content (AvgIpc) is 2.85. The third-order valence-corrected chi connectivity index (χ3v) is 4.61. The zero-order valence-electron chi connectivity index (χ0n) is 12.9. The molecule has 3 N–H and O–H groups in total. The maximum Gasteiger partial charge on any atom is 0.273 e. The van der Waals surface area contributed by atoms with E-state index in [1.54, 1.807) is 42.5 Å². The van der Waals surface area contributed by atoms with Crippen LogP contribution in [0, 0.1) is 0 Å². The lowest BCUT2D eigenvalue weighted by atomic mass is 10.2. The van der Waals surface area contributed by atoms with Gasteiger partial charge < -0.3 is 10.3 Å². The zero-order valence-corrected chi connectivity index (χ0v) is 15.3. The summed E-state index contributed by atoms with van der Waals surface area (Å²) in [5, 5.41) is 4.02. The highest BCUT2D eigenvalue weighted by Gasteiger charge is 2.18. The van der Waals surface area contributed by atoms with E-state index in [2.05, 4.69) is 15.0 Å². The van der Waals surface area contributed by atoms with Gasteiger partial charge in [0.05, 0.1) is 22.7 Å². The molecule has 0 saturated heterocycles. The number of halogens is 2. The minimum atomic E-state index is -3.48. The fraction of sp³-hybridized carbons (Fsp3) is 0.0625. The molecule has 1 aromatic heterocycles. The highest BCUT2D eigenvalue weighted by Crippen LogP contribution is 2.31. The summed E-state index contributed by atoms with van der Waals surface area (Å²) in [6, 6.07) is 11.5. The lowest BCUT2D eigenvalue weighted by Gasteiger charge is -2.11. The third kappa shape index (κ3) is 3.89. The van der Waals surface area contributed by atoms with Crippen molar-refractivity contribution in [3.63, 3.8) is 0 Å². The Hall–Kier alpha value is -2.22. The monoisotopic (exact) mass is 397 g/mol. The Morgan fingerprint density at radius 3 is 2.44 bits per heavy atom. The van der Waals surface area contributed by atoms with Crippen LogP contribution in [0.4, 0.5) is 11.4 Å². The van der Waals surface area contributed by atoms with E-state index in [9.17, 15) is 13.2 Å². The molecule has 9 heteroatoms. The Labute approximate surface area is 154 Å². The Bertz CT molecular complexity index is 1080. The van der Waals surface area contributed by atoms with E-state index in [-0.39, 0.29) is 16.4 Å².